The maximum absolute atomic E-state index is 12.5. The average Bonchev–Trinajstić information content (AvgIpc) is 2.68. The summed E-state index contributed by atoms with van der Waals surface area (Å²) in [5, 5.41) is 4.90. The highest BCUT2D eigenvalue weighted by Crippen LogP contribution is 2.22. The van der Waals surface area contributed by atoms with Crippen molar-refractivity contribution in [2.75, 3.05) is 36.7 Å². The minimum absolute atomic E-state index is 0.284. The predicted octanol–water partition coefficient (Wildman–Crippen LogP) is 2.03. The lowest BCUT2D eigenvalue weighted by Gasteiger charge is -2.13. The Kier molecular flexibility index (Phi) is 5.45. The van der Waals surface area contributed by atoms with Crippen LogP contribution < -0.4 is 21.9 Å². The van der Waals surface area contributed by atoms with Gasteiger partial charge >= 0.3 is 0 Å². The lowest BCUT2D eigenvalue weighted by molar-refractivity contribution is 0.0964. The average molecular weight is 352 g/mol. The van der Waals surface area contributed by atoms with Gasteiger partial charge in [0.2, 0.25) is 0 Å². The third kappa shape index (κ3) is 3.81. The van der Waals surface area contributed by atoms with E-state index in [1.807, 2.05) is 36.4 Å². The summed E-state index contributed by atoms with van der Waals surface area (Å²) in [6, 6.07) is 13.3. The van der Waals surface area contributed by atoms with Gasteiger partial charge in [0.05, 0.1) is 6.61 Å². The number of hydrazine groups is 1. The van der Waals surface area contributed by atoms with Crippen LogP contribution in [0.3, 0.4) is 0 Å². The molecule has 0 unspecified atom stereocenters. The number of carbonyl (C=O) groups is 1. The number of nitrogens with zero attached hydrogens (tertiary/aromatic N) is 2. The van der Waals surface area contributed by atoms with Gasteiger partial charge in [-0.1, -0.05) is 36.4 Å². The van der Waals surface area contributed by atoms with Crippen molar-refractivity contribution in [3.63, 3.8) is 0 Å². The number of nitrogens with two attached hydrogens (primary N) is 1. The number of fused-ring (bicyclic) bond motifs is 1. The molecule has 1 heterocycles. The molecule has 0 fully saturated rings. The van der Waals surface area contributed by atoms with E-state index in [-0.39, 0.29) is 5.91 Å². The van der Waals surface area contributed by atoms with Crippen molar-refractivity contribution in [2.45, 2.75) is 0 Å². The van der Waals surface area contributed by atoms with Crippen LogP contribution in [0, 0.1) is 0 Å². The molecule has 0 aliphatic rings. The van der Waals surface area contributed by atoms with Gasteiger partial charge < -0.3 is 15.8 Å². The van der Waals surface area contributed by atoms with Gasteiger partial charge in [0, 0.05) is 19.2 Å². The Morgan fingerprint density at radius 1 is 1.12 bits per heavy atom. The van der Waals surface area contributed by atoms with Crippen molar-refractivity contribution < 1.29 is 9.53 Å². The number of nitrogens with one attached hydrogen (secondary N) is 3. The summed E-state index contributed by atoms with van der Waals surface area (Å²) in [7, 11) is 1.61. The second kappa shape index (κ2) is 8.13. The predicted molar refractivity (Wildman–Crippen MR) is 102 cm³/mol. The van der Waals surface area contributed by atoms with E-state index < -0.39 is 0 Å². The number of rotatable bonds is 7. The van der Waals surface area contributed by atoms with E-state index in [0.29, 0.717) is 36.0 Å². The summed E-state index contributed by atoms with van der Waals surface area (Å²) >= 11 is 0. The zero-order valence-corrected chi connectivity index (χ0v) is 14.3. The van der Waals surface area contributed by atoms with Gasteiger partial charge in [-0.05, 0) is 16.8 Å². The summed E-state index contributed by atoms with van der Waals surface area (Å²) in [5.41, 5.74) is 12.3. The molecule has 3 rings (SSSR count). The third-order valence-corrected chi connectivity index (χ3v) is 3.81. The zero-order valence-electron chi connectivity index (χ0n) is 14.3. The van der Waals surface area contributed by atoms with Crippen molar-refractivity contribution in [2.24, 2.45) is 0 Å². The molecule has 134 valence electrons. The molecule has 0 saturated carbocycles. The number of methoxy groups -OCH3 is 1. The highest BCUT2D eigenvalue weighted by molar-refractivity contribution is 6.07. The highest BCUT2D eigenvalue weighted by atomic mass is 16.5. The molecule has 5 N–H and O–H groups in total. The first-order chi connectivity index (χ1) is 12.7. The quantitative estimate of drug-likeness (QED) is 0.380. The Labute approximate surface area is 150 Å². The summed E-state index contributed by atoms with van der Waals surface area (Å²) in [5.74, 6) is 0.501. The third-order valence-electron chi connectivity index (χ3n) is 3.81. The molecular formula is C18H20N6O2. The molecule has 3 aromatic rings. The lowest BCUT2D eigenvalue weighted by atomic mass is 10.0. The second-order valence-corrected chi connectivity index (χ2v) is 5.51. The molecule has 1 amide bonds. The lowest BCUT2D eigenvalue weighted by Crippen LogP contribution is -2.30. The molecule has 0 aliphatic heterocycles. The topological polar surface area (TPSA) is 114 Å². The van der Waals surface area contributed by atoms with Crippen molar-refractivity contribution in [1.82, 2.24) is 15.4 Å². The monoisotopic (exact) mass is 352 g/mol. The number of carbonyl (C=O) groups excluding carboxylic acids is 1. The molecule has 8 nitrogen and oxygen atoms in total. The normalized spacial score (nSPS) is 10.5. The van der Waals surface area contributed by atoms with E-state index in [0.717, 1.165) is 10.8 Å². The minimum Gasteiger partial charge on any atom is -0.393 e. The van der Waals surface area contributed by atoms with Crippen LogP contribution in [0.2, 0.25) is 0 Å². The summed E-state index contributed by atoms with van der Waals surface area (Å²) in [4.78, 5) is 20.7. The van der Waals surface area contributed by atoms with E-state index in [9.17, 15) is 4.79 Å². The molecule has 0 saturated heterocycles. The first-order valence-electron chi connectivity index (χ1n) is 8.08. The van der Waals surface area contributed by atoms with Crippen molar-refractivity contribution >= 4 is 34.0 Å². The number of hydrogen-bond acceptors (Lipinski definition) is 7. The van der Waals surface area contributed by atoms with E-state index in [2.05, 4.69) is 26.1 Å². The Bertz CT molecular complexity index is 910. The van der Waals surface area contributed by atoms with Crippen LogP contribution >= 0.6 is 0 Å². The molecule has 0 aliphatic carbocycles. The number of amides is 1. The number of aromatic nitrogens is 2. The van der Waals surface area contributed by atoms with Gasteiger partial charge in [-0.15, -0.1) is 0 Å². The van der Waals surface area contributed by atoms with Gasteiger partial charge in [0.25, 0.3) is 5.91 Å². The van der Waals surface area contributed by atoms with E-state index in [1.54, 1.807) is 13.2 Å². The smallest absolute Gasteiger partial charge is 0.270 e. The van der Waals surface area contributed by atoms with Crippen LogP contribution in [0.1, 0.15) is 10.4 Å². The number of anilines is 3. The fraction of sp³-hybridized carbons (Fsp3) is 0.167. The SMILES string of the molecule is COCCNc1ncnc(NNC(=O)c2cccc3ccccc23)c1N. The summed E-state index contributed by atoms with van der Waals surface area (Å²) in [6.07, 6.45) is 1.36. The molecule has 0 bridgehead atoms. The van der Waals surface area contributed by atoms with E-state index in [1.165, 1.54) is 6.33 Å². The first-order valence-corrected chi connectivity index (χ1v) is 8.08. The van der Waals surface area contributed by atoms with Crippen LogP contribution in [0.4, 0.5) is 17.3 Å². The molecule has 2 aromatic carbocycles. The van der Waals surface area contributed by atoms with Crippen molar-refractivity contribution in [3.8, 4) is 0 Å². The Balaban J connectivity index is 1.72. The van der Waals surface area contributed by atoms with E-state index in [4.69, 9.17) is 10.5 Å². The van der Waals surface area contributed by atoms with Crippen molar-refractivity contribution in [3.05, 3.63) is 54.4 Å². The number of nitrogen functional groups attached to an aromatic ring is 1. The molecule has 26 heavy (non-hydrogen) atoms. The highest BCUT2D eigenvalue weighted by Gasteiger charge is 2.12. The fourth-order valence-electron chi connectivity index (χ4n) is 2.51. The zero-order chi connectivity index (χ0) is 18.4. The standard InChI is InChI=1S/C18H20N6O2/c1-26-10-9-20-16-15(19)17(22-11-21-16)23-24-18(25)14-8-4-6-12-5-2-3-7-13(12)14/h2-8,11H,9-10,19H2,1H3,(H,24,25)(H2,20,21,22,23). The van der Waals surface area contributed by atoms with Gasteiger partial charge in [-0.3, -0.25) is 15.6 Å². The Morgan fingerprint density at radius 2 is 1.88 bits per heavy atom. The molecular weight excluding hydrogens is 332 g/mol. The van der Waals surface area contributed by atoms with Crippen LogP contribution in [-0.2, 0) is 4.74 Å². The molecule has 0 spiro atoms. The summed E-state index contributed by atoms with van der Waals surface area (Å²) in [6.45, 7) is 1.07. The summed E-state index contributed by atoms with van der Waals surface area (Å²) < 4.78 is 4.98. The van der Waals surface area contributed by atoms with Gasteiger partial charge in [-0.2, -0.15) is 0 Å². The minimum atomic E-state index is -0.284. The maximum Gasteiger partial charge on any atom is 0.270 e. The van der Waals surface area contributed by atoms with Gasteiger partial charge in [0.15, 0.2) is 11.6 Å². The molecule has 8 heteroatoms. The van der Waals surface area contributed by atoms with Gasteiger partial charge in [0.1, 0.15) is 12.0 Å². The second-order valence-electron chi connectivity index (χ2n) is 5.51. The van der Waals surface area contributed by atoms with Crippen LogP contribution in [0.25, 0.3) is 10.8 Å². The molecule has 0 atom stereocenters. The largest absolute Gasteiger partial charge is 0.393 e. The van der Waals surface area contributed by atoms with Crippen molar-refractivity contribution in [1.29, 1.82) is 0 Å². The van der Waals surface area contributed by atoms with Crippen LogP contribution in [0.5, 0.6) is 0 Å². The fourth-order valence-corrected chi connectivity index (χ4v) is 2.51. The van der Waals surface area contributed by atoms with Crippen LogP contribution in [0.15, 0.2) is 48.8 Å². The van der Waals surface area contributed by atoms with E-state index >= 15 is 0 Å². The van der Waals surface area contributed by atoms with Crippen LogP contribution in [-0.4, -0.2) is 36.1 Å². The molecule has 1 aromatic heterocycles. The number of ether oxygens (including phenoxy) is 1. The Hall–Kier alpha value is -3.39. The maximum atomic E-state index is 12.5. The number of hydrogen-bond donors (Lipinski definition) is 4. The Morgan fingerprint density at radius 3 is 2.73 bits per heavy atom. The number of benzene rings is 2. The molecule has 0 radical (unpaired) electrons. The van der Waals surface area contributed by atoms with Gasteiger partial charge in [-0.25, -0.2) is 9.97 Å². The first kappa shape index (κ1) is 17.4.